The maximum atomic E-state index is 9.14. The van der Waals surface area contributed by atoms with Crippen LogP contribution in [0.15, 0.2) is 0 Å². The summed E-state index contributed by atoms with van der Waals surface area (Å²) in [7, 11) is 2.09. The van der Waals surface area contributed by atoms with E-state index in [1.54, 1.807) is 0 Å². The highest BCUT2D eigenvalue weighted by molar-refractivity contribution is 5.05. The molecule has 2 unspecified atom stereocenters. The number of hydrogen-bond acceptors (Lipinski definition) is 3. The predicted molar refractivity (Wildman–Crippen MR) is 64.7 cm³/mol. The summed E-state index contributed by atoms with van der Waals surface area (Å²) in [6.07, 6.45) is 2.38. The third-order valence-electron chi connectivity index (χ3n) is 2.84. The number of rotatable bonds is 7. The van der Waals surface area contributed by atoms with E-state index in [1.165, 1.54) is 12.8 Å². The van der Waals surface area contributed by atoms with Crippen LogP contribution in [0.5, 0.6) is 0 Å². The van der Waals surface area contributed by atoms with Crippen molar-refractivity contribution in [2.24, 2.45) is 0 Å². The summed E-state index contributed by atoms with van der Waals surface area (Å²) < 4.78 is 0. The lowest BCUT2D eigenvalue weighted by molar-refractivity contribution is 0.200. The van der Waals surface area contributed by atoms with E-state index in [0.717, 1.165) is 13.1 Å². The molecule has 0 rings (SSSR count). The second-order valence-corrected chi connectivity index (χ2v) is 4.53. The van der Waals surface area contributed by atoms with Crippen LogP contribution in [0.2, 0.25) is 0 Å². The smallest absolute Gasteiger partial charge is 0.116 e. The lowest BCUT2D eigenvalue weighted by atomic mass is 10.0. The monoisotopic (exact) mass is 211 g/mol. The van der Waals surface area contributed by atoms with Gasteiger partial charge in [-0.15, -0.1) is 0 Å². The Labute approximate surface area is 94.5 Å². The molecule has 0 fully saturated rings. The summed E-state index contributed by atoms with van der Waals surface area (Å²) in [5, 5.41) is 12.4. The molecule has 0 aromatic carbocycles. The van der Waals surface area contributed by atoms with Crippen molar-refractivity contribution in [2.75, 3.05) is 20.1 Å². The van der Waals surface area contributed by atoms with Crippen molar-refractivity contribution < 1.29 is 0 Å². The summed E-state index contributed by atoms with van der Waals surface area (Å²) in [6, 6.07) is 2.90. The third-order valence-corrected chi connectivity index (χ3v) is 2.84. The zero-order chi connectivity index (χ0) is 11.9. The fourth-order valence-electron chi connectivity index (χ4n) is 1.81. The molecule has 0 aliphatic rings. The molecule has 0 amide bonds. The zero-order valence-electron chi connectivity index (χ0n) is 10.8. The average molecular weight is 211 g/mol. The molecule has 3 heteroatoms. The second-order valence-electron chi connectivity index (χ2n) is 4.53. The molecule has 0 radical (unpaired) electrons. The van der Waals surface area contributed by atoms with E-state index in [4.69, 9.17) is 5.26 Å². The molecule has 15 heavy (non-hydrogen) atoms. The van der Waals surface area contributed by atoms with Crippen LogP contribution in [-0.4, -0.2) is 36.6 Å². The number of nitrogens with one attached hydrogen (secondary N) is 1. The minimum Gasteiger partial charge on any atom is -0.301 e. The molecule has 0 aliphatic heterocycles. The van der Waals surface area contributed by atoms with Crippen molar-refractivity contribution >= 4 is 0 Å². The van der Waals surface area contributed by atoms with Crippen molar-refractivity contribution in [3.8, 4) is 6.07 Å². The number of hydrogen-bond donors (Lipinski definition) is 1. The largest absolute Gasteiger partial charge is 0.301 e. The van der Waals surface area contributed by atoms with Gasteiger partial charge in [-0.3, -0.25) is 5.32 Å². The van der Waals surface area contributed by atoms with Gasteiger partial charge in [-0.05, 0) is 33.9 Å². The van der Waals surface area contributed by atoms with Crippen LogP contribution in [0.1, 0.15) is 40.5 Å². The predicted octanol–water partition coefficient (Wildman–Crippen LogP) is 2.00. The van der Waals surface area contributed by atoms with Gasteiger partial charge in [0, 0.05) is 12.6 Å². The van der Waals surface area contributed by atoms with Crippen molar-refractivity contribution in [3.63, 3.8) is 0 Å². The second kappa shape index (κ2) is 6.81. The Morgan fingerprint density at radius 3 is 2.47 bits per heavy atom. The Balaban J connectivity index is 4.24. The first-order valence-electron chi connectivity index (χ1n) is 5.85. The molecule has 3 nitrogen and oxygen atoms in total. The van der Waals surface area contributed by atoms with E-state index >= 15 is 0 Å². The molecular weight excluding hydrogens is 186 g/mol. The molecule has 0 saturated carbocycles. The molecule has 0 aromatic rings. The first-order chi connectivity index (χ1) is 6.99. The van der Waals surface area contributed by atoms with Gasteiger partial charge in [0.05, 0.1) is 6.07 Å². The first-order valence-corrected chi connectivity index (χ1v) is 5.85. The summed E-state index contributed by atoms with van der Waals surface area (Å²) >= 11 is 0. The Bertz CT molecular complexity index is 209. The van der Waals surface area contributed by atoms with Crippen LogP contribution in [-0.2, 0) is 0 Å². The average Bonchev–Trinajstić information content (AvgIpc) is 2.18. The van der Waals surface area contributed by atoms with Gasteiger partial charge in [0.25, 0.3) is 0 Å². The van der Waals surface area contributed by atoms with E-state index in [-0.39, 0.29) is 0 Å². The summed E-state index contributed by atoms with van der Waals surface area (Å²) in [4.78, 5) is 2.26. The fraction of sp³-hybridized carbons (Fsp3) is 0.917. The van der Waals surface area contributed by atoms with E-state index in [9.17, 15) is 0 Å². The lowest BCUT2D eigenvalue weighted by Gasteiger charge is -2.32. The highest BCUT2D eigenvalue weighted by Crippen LogP contribution is 2.10. The molecular formula is C12H25N3. The Morgan fingerprint density at radius 2 is 2.07 bits per heavy atom. The van der Waals surface area contributed by atoms with E-state index in [0.29, 0.717) is 6.04 Å². The zero-order valence-corrected chi connectivity index (χ0v) is 10.8. The van der Waals surface area contributed by atoms with E-state index in [1.807, 2.05) is 13.8 Å². The van der Waals surface area contributed by atoms with Gasteiger partial charge in [-0.1, -0.05) is 20.3 Å². The van der Waals surface area contributed by atoms with Crippen LogP contribution >= 0.6 is 0 Å². The van der Waals surface area contributed by atoms with E-state index < -0.39 is 5.54 Å². The summed E-state index contributed by atoms with van der Waals surface area (Å²) in [5.74, 6) is 0. The molecule has 2 atom stereocenters. The molecule has 0 saturated heterocycles. The number of likely N-dealkylation sites (N-methyl/N-ethyl adjacent to an activating group) is 2. The minimum absolute atomic E-state index is 0.425. The molecule has 0 aliphatic carbocycles. The van der Waals surface area contributed by atoms with Crippen molar-refractivity contribution in [3.05, 3.63) is 0 Å². The molecule has 0 spiro atoms. The normalized spacial score (nSPS) is 17.1. The first kappa shape index (κ1) is 14.4. The lowest BCUT2D eigenvalue weighted by Crippen LogP contribution is -2.51. The maximum Gasteiger partial charge on any atom is 0.116 e. The Hall–Kier alpha value is -0.590. The summed E-state index contributed by atoms with van der Waals surface area (Å²) in [5.41, 5.74) is -0.425. The number of nitrogens with zero attached hydrogens (tertiary/aromatic N) is 2. The van der Waals surface area contributed by atoms with Gasteiger partial charge < -0.3 is 4.90 Å². The van der Waals surface area contributed by atoms with E-state index in [2.05, 4.69) is 37.2 Å². The van der Waals surface area contributed by atoms with Gasteiger partial charge in [0.15, 0.2) is 0 Å². The van der Waals surface area contributed by atoms with Crippen LogP contribution in [0.4, 0.5) is 0 Å². The van der Waals surface area contributed by atoms with Gasteiger partial charge in [-0.25, -0.2) is 0 Å². The quantitative estimate of drug-likeness (QED) is 0.700. The molecule has 88 valence electrons. The maximum absolute atomic E-state index is 9.14. The van der Waals surface area contributed by atoms with Crippen LogP contribution in [0, 0.1) is 11.3 Å². The van der Waals surface area contributed by atoms with Gasteiger partial charge in [0.2, 0.25) is 0 Å². The molecule has 0 bridgehead atoms. The van der Waals surface area contributed by atoms with Crippen molar-refractivity contribution in [2.45, 2.75) is 52.1 Å². The van der Waals surface area contributed by atoms with Crippen LogP contribution in [0.3, 0.4) is 0 Å². The Morgan fingerprint density at radius 1 is 1.47 bits per heavy atom. The van der Waals surface area contributed by atoms with Crippen LogP contribution < -0.4 is 5.32 Å². The van der Waals surface area contributed by atoms with Gasteiger partial charge in [-0.2, -0.15) is 5.26 Å². The molecule has 0 heterocycles. The minimum atomic E-state index is -0.425. The van der Waals surface area contributed by atoms with Crippen molar-refractivity contribution in [1.29, 1.82) is 5.26 Å². The molecule has 0 aromatic heterocycles. The van der Waals surface area contributed by atoms with Crippen molar-refractivity contribution in [1.82, 2.24) is 10.2 Å². The third kappa shape index (κ3) is 5.15. The summed E-state index contributed by atoms with van der Waals surface area (Å²) in [6.45, 7) is 10.0. The molecule has 1 N–H and O–H groups in total. The van der Waals surface area contributed by atoms with Crippen LogP contribution in [0.25, 0.3) is 0 Å². The topological polar surface area (TPSA) is 39.1 Å². The number of nitriles is 1. The Kier molecular flexibility index (Phi) is 6.55. The standard InChI is InChI=1S/C12H25N3/c1-6-8-11(3)15(5)10-12(4,9-13)14-7-2/h11,14H,6-8,10H2,1-5H3. The van der Waals surface area contributed by atoms with Gasteiger partial charge >= 0.3 is 0 Å². The highest BCUT2D eigenvalue weighted by Gasteiger charge is 2.25. The van der Waals surface area contributed by atoms with Gasteiger partial charge in [0.1, 0.15) is 5.54 Å². The fourth-order valence-corrected chi connectivity index (χ4v) is 1.81. The SMILES string of the molecule is CCCC(C)N(C)CC(C)(C#N)NCC. The highest BCUT2D eigenvalue weighted by atomic mass is 15.2.